The lowest BCUT2D eigenvalue weighted by Gasteiger charge is -2.29. The van der Waals surface area contributed by atoms with Crippen LogP contribution in [0.15, 0.2) is 24.3 Å². The fourth-order valence-corrected chi connectivity index (χ4v) is 3.62. The molecule has 130 valence electrons. The Morgan fingerprint density at radius 2 is 1.61 bits per heavy atom. The van der Waals surface area contributed by atoms with E-state index in [1.54, 1.807) is 0 Å². The Morgan fingerprint density at radius 3 is 2.26 bits per heavy atom. The normalized spacial score (nSPS) is 21.5. The van der Waals surface area contributed by atoms with E-state index >= 15 is 0 Å². The van der Waals surface area contributed by atoms with Gasteiger partial charge in [0, 0.05) is 0 Å². The monoisotopic (exact) mass is 316 g/mol. The van der Waals surface area contributed by atoms with Gasteiger partial charge in [0.2, 0.25) is 0 Å². The van der Waals surface area contributed by atoms with Crippen LogP contribution in [-0.2, 0) is 11.2 Å². The van der Waals surface area contributed by atoms with Crippen molar-refractivity contribution in [2.75, 3.05) is 6.61 Å². The lowest BCUT2D eigenvalue weighted by atomic mass is 9.91. The van der Waals surface area contributed by atoms with Gasteiger partial charge in [0.15, 0.2) is 0 Å². The lowest BCUT2D eigenvalue weighted by Crippen LogP contribution is -2.20. The predicted octanol–water partition coefficient (Wildman–Crippen LogP) is 6.86. The molecule has 1 heterocycles. The molecule has 0 N–H and O–H groups in total. The Kier molecular flexibility index (Phi) is 8.74. The van der Waals surface area contributed by atoms with Gasteiger partial charge in [0.1, 0.15) is 0 Å². The summed E-state index contributed by atoms with van der Waals surface area (Å²) in [6.45, 7) is 5.51. The average Bonchev–Trinajstić information content (AvgIpc) is 2.61. The first kappa shape index (κ1) is 18.5. The molecule has 1 nitrogen and oxygen atoms in total. The number of rotatable bonds is 10. The lowest BCUT2D eigenvalue weighted by molar-refractivity contribution is -0.0198. The minimum Gasteiger partial charge on any atom is -0.373 e. The summed E-state index contributed by atoms with van der Waals surface area (Å²) in [6, 6.07) is 9.25. The molecule has 0 aliphatic carbocycles. The highest BCUT2D eigenvalue weighted by Gasteiger charge is 2.22. The molecule has 0 amide bonds. The molecule has 1 heteroatoms. The van der Waals surface area contributed by atoms with E-state index in [0.717, 1.165) is 12.5 Å². The Hall–Kier alpha value is -0.820. The predicted molar refractivity (Wildman–Crippen MR) is 99.8 cm³/mol. The molecule has 1 aliphatic rings. The number of aryl methyl sites for hydroxylation is 1. The van der Waals surface area contributed by atoms with Gasteiger partial charge in [-0.1, -0.05) is 76.6 Å². The van der Waals surface area contributed by atoms with Gasteiger partial charge in [0.05, 0.1) is 12.7 Å². The van der Waals surface area contributed by atoms with Crippen molar-refractivity contribution in [2.45, 2.75) is 90.6 Å². The van der Waals surface area contributed by atoms with Crippen LogP contribution in [0, 0.1) is 5.92 Å². The van der Waals surface area contributed by atoms with E-state index < -0.39 is 0 Å². The third-order valence-electron chi connectivity index (χ3n) is 5.26. The van der Waals surface area contributed by atoms with E-state index in [4.69, 9.17) is 4.74 Å². The highest BCUT2D eigenvalue weighted by molar-refractivity contribution is 5.24. The van der Waals surface area contributed by atoms with Gasteiger partial charge in [-0.05, 0) is 49.1 Å². The Balaban J connectivity index is 1.70. The topological polar surface area (TPSA) is 9.23 Å². The molecule has 0 bridgehead atoms. The van der Waals surface area contributed by atoms with E-state index in [0.29, 0.717) is 6.10 Å². The van der Waals surface area contributed by atoms with Crippen LogP contribution in [-0.4, -0.2) is 6.61 Å². The van der Waals surface area contributed by atoms with Crippen LogP contribution in [0.2, 0.25) is 0 Å². The quantitative estimate of drug-likeness (QED) is 0.428. The van der Waals surface area contributed by atoms with Crippen molar-refractivity contribution < 1.29 is 4.74 Å². The van der Waals surface area contributed by atoms with E-state index in [9.17, 15) is 0 Å². The molecule has 1 aliphatic heterocycles. The van der Waals surface area contributed by atoms with Crippen LogP contribution >= 0.6 is 0 Å². The van der Waals surface area contributed by atoms with Gasteiger partial charge in [-0.25, -0.2) is 0 Å². The van der Waals surface area contributed by atoms with E-state index in [1.165, 1.54) is 81.8 Å². The molecular weight excluding hydrogens is 280 g/mol. The van der Waals surface area contributed by atoms with Gasteiger partial charge in [-0.3, -0.25) is 0 Å². The van der Waals surface area contributed by atoms with Gasteiger partial charge in [-0.15, -0.1) is 0 Å². The summed E-state index contributed by atoms with van der Waals surface area (Å²) in [5, 5.41) is 0. The number of hydrogen-bond acceptors (Lipinski definition) is 1. The maximum absolute atomic E-state index is 6.14. The van der Waals surface area contributed by atoms with Crippen molar-refractivity contribution in [2.24, 2.45) is 5.92 Å². The molecule has 2 rings (SSSR count). The Labute approximate surface area is 143 Å². The largest absolute Gasteiger partial charge is 0.373 e. The van der Waals surface area contributed by atoms with Crippen LogP contribution in [0.3, 0.4) is 0 Å². The molecule has 0 radical (unpaired) electrons. The minimum absolute atomic E-state index is 0.339. The van der Waals surface area contributed by atoms with Crippen LogP contribution in [0.4, 0.5) is 0 Å². The van der Waals surface area contributed by atoms with Gasteiger partial charge in [-0.2, -0.15) is 0 Å². The number of benzene rings is 1. The molecule has 0 spiro atoms. The summed E-state index contributed by atoms with van der Waals surface area (Å²) < 4.78 is 6.14. The molecule has 1 aromatic carbocycles. The third kappa shape index (κ3) is 6.67. The Morgan fingerprint density at radius 1 is 0.870 bits per heavy atom. The standard InChI is InChI=1S/C22H36O/c1-3-5-7-8-9-11-19-12-15-21(16-13-19)22-17-14-20(18-23-22)10-6-4-2/h12-13,15-16,20,22H,3-11,14,17-18H2,1-2H3. The molecule has 1 aromatic rings. The molecule has 23 heavy (non-hydrogen) atoms. The summed E-state index contributed by atoms with van der Waals surface area (Å²) in [4.78, 5) is 0. The van der Waals surface area contributed by atoms with Crippen molar-refractivity contribution in [3.63, 3.8) is 0 Å². The SMILES string of the molecule is CCCCCCCc1ccc(C2CCC(CCCC)CO2)cc1. The van der Waals surface area contributed by atoms with E-state index in [-0.39, 0.29) is 0 Å². The molecule has 2 unspecified atom stereocenters. The summed E-state index contributed by atoms with van der Waals surface area (Å²) in [7, 11) is 0. The van der Waals surface area contributed by atoms with E-state index in [1.807, 2.05) is 0 Å². The molecule has 1 fully saturated rings. The van der Waals surface area contributed by atoms with Crippen molar-refractivity contribution in [1.82, 2.24) is 0 Å². The zero-order valence-electron chi connectivity index (χ0n) is 15.4. The van der Waals surface area contributed by atoms with E-state index in [2.05, 4.69) is 38.1 Å². The highest BCUT2D eigenvalue weighted by atomic mass is 16.5. The fraction of sp³-hybridized carbons (Fsp3) is 0.727. The zero-order valence-corrected chi connectivity index (χ0v) is 15.4. The number of unbranched alkanes of at least 4 members (excludes halogenated alkanes) is 5. The van der Waals surface area contributed by atoms with Gasteiger partial charge < -0.3 is 4.74 Å². The minimum atomic E-state index is 0.339. The number of hydrogen-bond donors (Lipinski definition) is 0. The van der Waals surface area contributed by atoms with Crippen molar-refractivity contribution in [1.29, 1.82) is 0 Å². The molecule has 2 atom stereocenters. The summed E-state index contributed by atoms with van der Waals surface area (Å²) >= 11 is 0. The summed E-state index contributed by atoms with van der Waals surface area (Å²) in [5.41, 5.74) is 2.87. The van der Waals surface area contributed by atoms with Crippen LogP contribution in [0.5, 0.6) is 0 Å². The zero-order chi connectivity index (χ0) is 16.3. The smallest absolute Gasteiger partial charge is 0.0825 e. The highest BCUT2D eigenvalue weighted by Crippen LogP contribution is 2.32. The van der Waals surface area contributed by atoms with Crippen LogP contribution in [0.25, 0.3) is 0 Å². The summed E-state index contributed by atoms with van der Waals surface area (Å²) in [6.07, 6.45) is 14.9. The molecular formula is C22H36O. The fourth-order valence-electron chi connectivity index (χ4n) is 3.62. The van der Waals surface area contributed by atoms with Crippen molar-refractivity contribution >= 4 is 0 Å². The molecule has 0 saturated carbocycles. The van der Waals surface area contributed by atoms with Crippen molar-refractivity contribution in [3.8, 4) is 0 Å². The summed E-state index contributed by atoms with van der Waals surface area (Å²) in [5.74, 6) is 0.800. The van der Waals surface area contributed by atoms with Crippen LogP contribution < -0.4 is 0 Å². The van der Waals surface area contributed by atoms with Gasteiger partial charge >= 0.3 is 0 Å². The van der Waals surface area contributed by atoms with Crippen molar-refractivity contribution in [3.05, 3.63) is 35.4 Å². The first-order chi connectivity index (χ1) is 11.3. The maximum atomic E-state index is 6.14. The van der Waals surface area contributed by atoms with Crippen LogP contribution in [0.1, 0.15) is 95.3 Å². The average molecular weight is 317 g/mol. The first-order valence-corrected chi connectivity index (χ1v) is 10.0. The third-order valence-corrected chi connectivity index (χ3v) is 5.26. The second-order valence-corrected chi connectivity index (χ2v) is 7.31. The second kappa shape index (κ2) is 10.9. The maximum Gasteiger partial charge on any atom is 0.0825 e. The first-order valence-electron chi connectivity index (χ1n) is 10.0. The Bertz CT molecular complexity index is 400. The van der Waals surface area contributed by atoms with Gasteiger partial charge in [0.25, 0.3) is 0 Å². The number of ether oxygens (including phenoxy) is 1. The second-order valence-electron chi connectivity index (χ2n) is 7.31. The molecule has 0 aromatic heterocycles. The molecule has 1 saturated heterocycles.